The Morgan fingerprint density at radius 2 is 1.68 bits per heavy atom. The van der Waals surface area contributed by atoms with Crippen LogP contribution in [0.3, 0.4) is 0 Å². The molecule has 3 rings (SSSR count). The predicted octanol–water partition coefficient (Wildman–Crippen LogP) is 2.76. The van der Waals surface area contributed by atoms with Gasteiger partial charge in [-0.3, -0.25) is 4.90 Å². The average Bonchev–Trinajstić information content (AvgIpc) is 2.50. The van der Waals surface area contributed by atoms with Crippen molar-refractivity contribution < 1.29 is 9.47 Å². The topological polar surface area (TPSA) is 21.7 Å². The van der Waals surface area contributed by atoms with Crippen LogP contribution in [-0.2, 0) is 9.47 Å². The second-order valence-corrected chi connectivity index (χ2v) is 6.11. The summed E-state index contributed by atoms with van der Waals surface area (Å²) in [6, 6.07) is 0.706. The van der Waals surface area contributed by atoms with Gasteiger partial charge in [-0.15, -0.1) is 0 Å². The first-order valence-electron chi connectivity index (χ1n) is 8.06. The molecule has 2 aliphatic heterocycles. The molecule has 3 aliphatic rings. The van der Waals surface area contributed by atoms with Crippen molar-refractivity contribution in [1.82, 2.24) is 4.90 Å². The van der Waals surface area contributed by atoms with E-state index < -0.39 is 0 Å². The van der Waals surface area contributed by atoms with Gasteiger partial charge in [0.05, 0.1) is 12.2 Å². The molecule has 1 atom stereocenters. The van der Waals surface area contributed by atoms with E-state index in [-0.39, 0.29) is 0 Å². The van der Waals surface area contributed by atoms with Crippen LogP contribution in [0.25, 0.3) is 0 Å². The molecule has 0 aromatic rings. The van der Waals surface area contributed by atoms with E-state index >= 15 is 0 Å². The maximum atomic E-state index is 6.24. The number of likely N-dealkylation sites (tertiary alicyclic amines) is 1. The van der Waals surface area contributed by atoms with Crippen LogP contribution in [0.5, 0.6) is 0 Å². The molecule has 3 nitrogen and oxygen atoms in total. The first kappa shape index (κ1) is 13.6. The van der Waals surface area contributed by atoms with Gasteiger partial charge in [-0.2, -0.15) is 0 Å². The third kappa shape index (κ3) is 3.80. The molecule has 0 saturated carbocycles. The molecule has 2 heterocycles. The number of hydrogen-bond acceptors (Lipinski definition) is 3. The van der Waals surface area contributed by atoms with Gasteiger partial charge in [-0.05, 0) is 44.9 Å². The standard InChI is InChI=1S/C16H27NO2/c1-2-4-14(5-3-1)17-10-6-15(7-11-17)19-16-8-12-18-13-9-16/h2,4,14-16H,1,3,5-13H2. The molecule has 1 unspecified atom stereocenters. The molecule has 0 N–H and O–H groups in total. The predicted molar refractivity (Wildman–Crippen MR) is 76.3 cm³/mol. The SMILES string of the molecule is C1=CC(N2CCC(OC3CCOCC3)CC2)CCC1. The van der Waals surface area contributed by atoms with Gasteiger partial charge in [0.25, 0.3) is 0 Å². The molecular formula is C16H27NO2. The molecule has 0 amide bonds. The Hall–Kier alpha value is -0.380. The molecule has 2 fully saturated rings. The van der Waals surface area contributed by atoms with Gasteiger partial charge in [0.1, 0.15) is 0 Å². The van der Waals surface area contributed by atoms with E-state index in [1.807, 2.05) is 0 Å². The van der Waals surface area contributed by atoms with Gasteiger partial charge in [-0.25, -0.2) is 0 Å². The zero-order valence-corrected chi connectivity index (χ0v) is 11.9. The van der Waals surface area contributed by atoms with E-state index in [1.165, 1.54) is 45.2 Å². The highest BCUT2D eigenvalue weighted by Crippen LogP contribution is 2.24. The van der Waals surface area contributed by atoms with Crippen molar-refractivity contribution in [3.8, 4) is 0 Å². The van der Waals surface area contributed by atoms with Crippen molar-refractivity contribution in [1.29, 1.82) is 0 Å². The van der Waals surface area contributed by atoms with E-state index in [4.69, 9.17) is 9.47 Å². The molecular weight excluding hydrogens is 238 g/mol. The molecule has 0 aromatic heterocycles. The second kappa shape index (κ2) is 6.87. The summed E-state index contributed by atoms with van der Waals surface area (Å²) in [6.07, 6.45) is 14.3. The van der Waals surface area contributed by atoms with Crippen LogP contribution in [0.4, 0.5) is 0 Å². The Morgan fingerprint density at radius 1 is 0.947 bits per heavy atom. The largest absolute Gasteiger partial charge is 0.381 e. The highest BCUT2D eigenvalue weighted by atomic mass is 16.5. The Balaban J connectivity index is 1.41. The van der Waals surface area contributed by atoms with Gasteiger partial charge < -0.3 is 9.47 Å². The molecule has 1 aliphatic carbocycles. The van der Waals surface area contributed by atoms with Crippen LogP contribution in [-0.4, -0.2) is 49.5 Å². The Labute approximate surface area is 116 Å². The van der Waals surface area contributed by atoms with E-state index in [9.17, 15) is 0 Å². The van der Waals surface area contributed by atoms with Crippen LogP contribution in [0, 0.1) is 0 Å². The lowest BCUT2D eigenvalue weighted by Crippen LogP contribution is -2.44. The summed E-state index contributed by atoms with van der Waals surface area (Å²) < 4.78 is 11.6. The summed E-state index contributed by atoms with van der Waals surface area (Å²) >= 11 is 0. The van der Waals surface area contributed by atoms with E-state index in [0.717, 1.165) is 26.1 Å². The number of hydrogen-bond donors (Lipinski definition) is 0. The average molecular weight is 265 g/mol. The molecule has 2 saturated heterocycles. The lowest BCUT2D eigenvalue weighted by Gasteiger charge is -2.38. The Morgan fingerprint density at radius 3 is 2.37 bits per heavy atom. The van der Waals surface area contributed by atoms with Gasteiger partial charge in [0.15, 0.2) is 0 Å². The molecule has 0 spiro atoms. The van der Waals surface area contributed by atoms with Gasteiger partial charge in [-0.1, -0.05) is 12.2 Å². The van der Waals surface area contributed by atoms with Crippen LogP contribution in [0.1, 0.15) is 44.9 Å². The summed E-state index contributed by atoms with van der Waals surface area (Å²) in [5.41, 5.74) is 0. The third-order valence-electron chi connectivity index (χ3n) is 4.73. The lowest BCUT2D eigenvalue weighted by atomic mass is 9.98. The smallest absolute Gasteiger partial charge is 0.0622 e. The minimum Gasteiger partial charge on any atom is -0.381 e. The first-order valence-corrected chi connectivity index (χ1v) is 8.06. The summed E-state index contributed by atoms with van der Waals surface area (Å²) in [6.45, 7) is 4.19. The van der Waals surface area contributed by atoms with E-state index in [2.05, 4.69) is 17.1 Å². The monoisotopic (exact) mass is 265 g/mol. The lowest BCUT2D eigenvalue weighted by molar-refractivity contribution is -0.0864. The second-order valence-electron chi connectivity index (χ2n) is 6.11. The van der Waals surface area contributed by atoms with Gasteiger partial charge >= 0.3 is 0 Å². The molecule has 0 radical (unpaired) electrons. The number of piperidine rings is 1. The summed E-state index contributed by atoms with van der Waals surface area (Å²) in [4.78, 5) is 2.65. The minimum absolute atomic E-state index is 0.458. The summed E-state index contributed by atoms with van der Waals surface area (Å²) in [7, 11) is 0. The molecule has 108 valence electrons. The highest BCUT2D eigenvalue weighted by molar-refractivity contribution is 4.99. The number of nitrogens with zero attached hydrogens (tertiary/aromatic N) is 1. The number of rotatable bonds is 3. The molecule has 3 heteroatoms. The van der Waals surface area contributed by atoms with Crippen LogP contribution in [0.15, 0.2) is 12.2 Å². The van der Waals surface area contributed by atoms with Gasteiger partial charge in [0.2, 0.25) is 0 Å². The van der Waals surface area contributed by atoms with Crippen molar-refractivity contribution in [3.63, 3.8) is 0 Å². The van der Waals surface area contributed by atoms with E-state index in [1.54, 1.807) is 0 Å². The molecule has 19 heavy (non-hydrogen) atoms. The van der Waals surface area contributed by atoms with Crippen molar-refractivity contribution in [2.24, 2.45) is 0 Å². The third-order valence-corrected chi connectivity index (χ3v) is 4.73. The molecule has 0 bridgehead atoms. The van der Waals surface area contributed by atoms with Crippen molar-refractivity contribution in [2.75, 3.05) is 26.3 Å². The normalized spacial score (nSPS) is 31.7. The maximum absolute atomic E-state index is 6.24. The number of allylic oxidation sites excluding steroid dienone is 1. The summed E-state index contributed by atoms with van der Waals surface area (Å²) in [5.74, 6) is 0. The zero-order valence-electron chi connectivity index (χ0n) is 11.9. The van der Waals surface area contributed by atoms with E-state index in [0.29, 0.717) is 18.2 Å². The van der Waals surface area contributed by atoms with Crippen LogP contribution in [0.2, 0.25) is 0 Å². The zero-order chi connectivity index (χ0) is 12.9. The highest BCUT2D eigenvalue weighted by Gasteiger charge is 2.27. The quantitative estimate of drug-likeness (QED) is 0.732. The first-order chi connectivity index (χ1) is 9.42. The summed E-state index contributed by atoms with van der Waals surface area (Å²) in [5, 5.41) is 0. The fourth-order valence-electron chi connectivity index (χ4n) is 3.53. The minimum atomic E-state index is 0.458. The molecule has 0 aromatic carbocycles. The fraction of sp³-hybridized carbons (Fsp3) is 0.875. The van der Waals surface area contributed by atoms with Crippen LogP contribution < -0.4 is 0 Å². The Bertz CT molecular complexity index is 291. The van der Waals surface area contributed by atoms with Crippen LogP contribution >= 0.6 is 0 Å². The van der Waals surface area contributed by atoms with Crippen molar-refractivity contribution >= 4 is 0 Å². The fourth-order valence-corrected chi connectivity index (χ4v) is 3.53. The van der Waals surface area contributed by atoms with Gasteiger partial charge in [0, 0.05) is 32.3 Å². The number of ether oxygens (including phenoxy) is 2. The maximum Gasteiger partial charge on any atom is 0.0622 e. The van der Waals surface area contributed by atoms with Crippen molar-refractivity contribution in [3.05, 3.63) is 12.2 Å². The van der Waals surface area contributed by atoms with Crippen molar-refractivity contribution in [2.45, 2.75) is 63.2 Å². The Kier molecular flexibility index (Phi) is 4.91.